The van der Waals surface area contributed by atoms with E-state index in [1.807, 2.05) is 0 Å². The fraction of sp³-hybridized carbons (Fsp3) is 0.500. The molecule has 1 heterocycles. The van der Waals surface area contributed by atoms with Gasteiger partial charge in [-0.2, -0.15) is 4.31 Å². The highest BCUT2D eigenvalue weighted by atomic mass is 32.2. The average Bonchev–Trinajstić information content (AvgIpc) is 2.47. The summed E-state index contributed by atoms with van der Waals surface area (Å²) in [6, 6.07) is 3.38. The number of rotatable bonds is 3. The fourth-order valence-electron chi connectivity index (χ4n) is 2.32. The molecule has 1 fully saturated rings. The van der Waals surface area contributed by atoms with E-state index >= 15 is 0 Å². The standard InChI is InChI=1S/C14H19FN2O3S/c1-16(2)14(18)12-10-11(6-7-13(12)15)21(19,20)17-8-4-3-5-9-17/h6-7,10H,3-5,8-9H2,1-2H3. The Balaban J connectivity index is 2.40. The Bertz CT molecular complexity index is 638. The molecule has 1 aromatic rings. The first-order chi connectivity index (χ1) is 9.84. The Morgan fingerprint density at radius 3 is 2.38 bits per heavy atom. The highest BCUT2D eigenvalue weighted by Crippen LogP contribution is 2.23. The van der Waals surface area contributed by atoms with E-state index in [9.17, 15) is 17.6 Å². The van der Waals surface area contributed by atoms with Gasteiger partial charge in [0.2, 0.25) is 10.0 Å². The van der Waals surface area contributed by atoms with Crippen molar-refractivity contribution in [3.05, 3.63) is 29.6 Å². The van der Waals surface area contributed by atoms with Crippen molar-refractivity contribution in [1.29, 1.82) is 0 Å². The summed E-state index contributed by atoms with van der Waals surface area (Å²) in [5, 5.41) is 0. The van der Waals surface area contributed by atoms with Crippen molar-refractivity contribution in [2.75, 3.05) is 27.2 Å². The molecule has 2 rings (SSSR count). The Hall–Kier alpha value is -1.47. The number of halogens is 1. The van der Waals surface area contributed by atoms with Crippen LogP contribution in [0.1, 0.15) is 29.6 Å². The first kappa shape index (κ1) is 15.9. The van der Waals surface area contributed by atoms with Gasteiger partial charge in [0.1, 0.15) is 5.82 Å². The minimum Gasteiger partial charge on any atom is -0.345 e. The fourth-order valence-corrected chi connectivity index (χ4v) is 3.87. The molecule has 1 aromatic carbocycles. The zero-order chi connectivity index (χ0) is 15.6. The number of hydrogen-bond acceptors (Lipinski definition) is 3. The molecule has 1 saturated heterocycles. The van der Waals surface area contributed by atoms with Crippen LogP contribution in [0.15, 0.2) is 23.1 Å². The second-order valence-electron chi connectivity index (χ2n) is 5.31. The zero-order valence-electron chi connectivity index (χ0n) is 12.2. The number of hydrogen-bond donors (Lipinski definition) is 0. The van der Waals surface area contributed by atoms with E-state index in [0.717, 1.165) is 31.4 Å². The molecule has 1 aliphatic heterocycles. The maximum atomic E-state index is 13.8. The minimum atomic E-state index is -3.66. The molecule has 1 aliphatic rings. The average molecular weight is 314 g/mol. The molecular weight excluding hydrogens is 295 g/mol. The Labute approximate surface area is 124 Å². The molecular formula is C14H19FN2O3S. The maximum Gasteiger partial charge on any atom is 0.256 e. The summed E-state index contributed by atoms with van der Waals surface area (Å²) in [7, 11) is -0.677. The van der Waals surface area contributed by atoms with E-state index in [1.165, 1.54) is 29.4 Å². The van der Waals surface area contributed by atoms with Crippen LogP contribution in [0.5, 0.6) is 0 Å². The quantitative estimate of drug-likeness (QED) is 0.853. The van der Waals surface area contributed by atoms with Crippen molar-refractivity contribution in [2.45, 2.75) is 24.2 Å². The van der Waals surface area contributed by atoms with Gasteiger partial charge in [0.15, 0.2) is 0 Å². The smallest absolute Gasteiger partial charge is 0.256 e. The van der Waals surface area contributed by atoms with Crippen LogP contribution in [0.3, 0.4) is 0 Å². The van der Waals surface area contributed by atoms with Crippen molar-refractivity contribution < 1.29 is 17.6 Å². The molecule has 116 valence electrons. The number of benzene rings is 1. The molecule has 1 amide bonds. The first-order valence-corrected chi connectivity index (χ1v) is 8.29. The van der Waals surface area contributed by atoms with Crippen molar-refractivity contribution in [3.8, 4) is 0 Å². The number of carbonyl (C=O) groups is 1. The topological polar surface area (TPSA) is 57.7 Å². The number of amides is 1. The molecule has 0 bridgehead atoms. The molecule has 0 radical (unpaired) electrons. The lowest BCUT2D eigenvalue weighted by Gasteiger charge is -2.26. The number of piperidine rings is 1. The molecule has 0 aliphatic carbocycles. The van der Waals surface area contributed by atoms with Gasteiger partial charge >= 0.3 is 0 Å². The first-order valence-electron chi connectivity index (χ1n) is 6.85. The number of sulfonamides is 1. The predicted octanol–water partition coefficient (Wildman–Crippen LogP) is 1.70. The molecule has 0 saturated carbocycles. The van der Waals surface area contributed by atoms with Crippen LogP contribution in [0, 0.1) is 5.82 Å². The van der Waals surface area contributed by atoms with E-state index in [2.05, 4.69) is 0 Å². The molecule has 21 heavy (non-hydrogen) atoms. The lowest BCUT2D eigenvalue weighted by molar-refractivity contribution is 0.0823. The van der Waals surface area contributed by atoms with Gasteiger partial charge in [-0.15, -0.1) is 0 Å². The van der Waals surface area contributed by atoms with Gasteiger partial charge in [0.05, 0.1) is 10.5 Å². The molecule has 0 atom stereocenters. The number of nitrogens with zero attached hydrogens (tertiary/aromatic N) is 2. The van der Waals surface area contributed by atoms with E-state index in [4.69, 9.17) is 0 Å². The summed E-state index contributed by atoms with van der Waals surface area (Å²) in [6.07, 6.45) is 2.66. The highest BCUT2D eigenvalue weighted by Gasteiger charge is 2.27. The minimum absolute atomic E-state index is 0.0315. The van der Waals surface area contributed by atoms with Gasteiger partial charge < -0.3 is 4.90 Å². The summed E-state index contributed by atoms with van der Waals surface area (Å²) in [5.74, 6) is -1.27. The van der Waals surface area contributed by atoms with Gasteiger partial charge in [-0.25, -0.2) is 12.8 Å². The summed E-state index contributed by atoms with van der Waals surface area (Å²) >= 11 is 0. The lowest BCUT2D eigenvalue weighted by Crippen LogP contribution is -2.35. The summed E-state index contributed by atoms with van der Waals surface area (Å²) < 4.78 is 40.2. The van der Waals surface area contributed by atoms with Crippen LogP contribution in [-0.4, -0.2) is 50.7 Å². The Kier molecular flexibility index (Phi) is 4.63. The Morgan fingerprint density at radius 1 is 1.19 bits per heavy atom. The van der Waals surface area contributed by atoms with Crippen molar-refractivity contribution in [3.63, 3.8) is 0 Å². The summed E-state index contributed by atoms with van der Waals surface area (Å²) in [4.78, 5) is 13.1. The summed E-state index contributed by atoms with van der Waals surface area (Å²) in [6.45, 7) is 0.938. The predicted molar refractivity (Wildman–Crippen MR) is 77.0 cm³/mol. The van der Waals surface area contributed by atoms with Crippen molar-refractivity contribution in [1.82, 2.24) is 9.21 Å². The van der Waals surface area contributed by atoms with Crippen LogP contribution in [0.2, 0.25) is 0 Å². The van der Waals surface area contributed by atoms with E-state index < -0.39 is 21.7 Å². The molecule has 7 heteroatoms. The second-order valence-corrected chi connectivity index (χ2v) is 7.24. The van der Waals surface area contributed by atoms with Crippen molar-refractivity contribution >= 4 is 15.9 Å². The third-order valence-electron chi connectivity index (χ3n) is 3.53. The van der Waals surface area contributed by atoms with Gasteiger partial charge in [0.25, 0.3) is 5.91 Å². The van der Waals surface area contributed by atoms with Gasteiger partial charge in [0, 0.05) is 27.2 Å². The van der Waals surface area contributed by atoms with Crippen molar-refractivity contribution in [2.24, 2.45) is 0 Å². The monoisotopic (exact) mass is 314 g/mol. The van der Waals surface area contributed by atoms with Gasteiger partial charge in [-0.05, 0) is 31.0 Å². The molecule has 5 nitrogen and oxygen atoms in total. The van der Waals surface area contributed by atoms with Crippen LogP contribution in [0.25, 0.3) is 0 Å². The SMILES string of the molecule is CN(C)C(=O)c1cc(S(=O)(=O)N2CCCCC2)ccc1F. The normalized spacial score (nSPS) is 16.7. The maximum absolute atomic E-state index is 13.8. The molecule has 0 spiro atoms. The van der Waals surface area contributed by atoms with E-state index in [1.54, 1.807) is 0 Å². The van der Waals surface area contributed by atoms with Gasteiger partial charge in [-0.3, -0.25) is 4.79 Å². The van der Waals surface area contributed by atoms with Crippen LogP contribution in [0.4, 0.5) is 4.39 Å². The number of carbonyl (C=O) groups excluding carboxylic acids is 1. The third-order valence-corrected chi connectivity index (χ3v) is 5.42. The zero-order valence-corrected chi connectivity index (χ0v) is 13.0. The summed E-state index contributed by atoms with van der Waals surface area (Å²) in [5.41, 5.74) is -0.224. The molecule has 0 N–H and O–H groups in total. The van der Waals surface area contributed by atoms with E-state index in [0.29, 0.717) is 13.1 Å². The van der Waals surface area contributed by atoms with Gasteiger partial charge in [-0.1, -0.05) is 6.42 Å². The molecule has 0 unspecified atom stereocenters. The van der Waals surface area contributed by atoms with E-state index in [-0.39, 0.29) is 10.5 Å². The van der Waals surface area contributed by atoms with Crippen LogP contribution >= 0.6 is 0 Å². The highest BCUT2D eigenvalue weighted by molar-refractivity contribution is 7.89. The van der Waals surface area contributed by atoms with Crippen LogP contribution < -0.4 is 0 Å². The van der Waals surface area contributed by atoms with Crippen LogP contribution in [-0.2, 0) is 10.0 Å². The third kappa shape index (κ3) is 3.24. The Morgan fingerprint density at radius 2 is 1.81 bits per heavy atom. The lowest BCUT2D eigenvalue weighted by atomic mass is 10.2. The molecule has 0 aromatic heterocycles. The largest absolute Gasteiger partial charge is 0.345 e. The second kappa shape index (κ2) is 6.11.